The van der Waals surface area contributed by atoms with Gasteiger partial charge in [-0.2, -0.15) is 0 Å². The number of ether oxygens (including phenoxy) is 1. The summed E-state index contributed by atoms with van der Waals surface area (Å²) in [6, 6.07) is 13.8. The minimum atomic E-state index is -0.845. The van der Waals surface area contributed by atoms with Gasteiger partial charge in [-0.15, -0.1) is 0 Å². The highest BCUT2D eigenvalue weighted by atomic mass is 16.5. The number of fused-ring (bicyclic) bond motifs is 2. The highest BCUT2D eigenvalue weighted by Gasteiger charge is 2.32. The zero-order chi connectivity index (χ0) is 18.8. The van der Waals surface area contributed by atoms with Crippen LogP contribution < -0.4 is 10.6 Å². The molecule has 0 saturated carbocycles. The van der Waals surface area contributed by atoms with Gasteiger partial charge in [-0.05, 0) is 31.0 Å². The number of carboxylic acid groups (broad SMARTS) is 1. The van der Waals surface area contributed by atoms with Gasteiger partial charge in [-0.25, -0.2) is 0 Å². The molecule has 0 radical (unpaired) electrons. The van der Waals surface area contributed by atoms with E-state index in [0.29, 0.717) is 24.5 Å². The number of carboxylic acids is 1. The van der Waals surface area contributed by atoms with Crippen molar-refractivity contribution < 1.29 is 19.4 Å². The number of aliphatic carboxylic acids is 1. The predicted molar refractivity (Wildman–Crippen MR) is 102 cm³/mol. The third-order valence-corrected chi connectivity index (χ3v) is 4.78. The van der Waals surface area contributed by atoms with Crippen molar-refractivity contribution in [3.05, 3.63) is 64.7 Å². The number of hydrogen-bond donors (Lipinski definition) is 3. The van der Waals surface area contributed by atoms with E-state index in [1.807, 2.05) is 36.4 Å². The van der Waals surface area contributed by atoms with Gasteiger partial charge in [0.05, 0.1) is 12.1 Å². The molecule has 0 atom stereocenters. The number of para-hydroxylation sites is 1. The first-order chi connectivity index (χ1) is 13.1. The molecule has 138 valence electrons. The molecule has 6 heteroatoms. The van der Waals surface area contributed by atoms with Crippen LogP contribution in [0.5, 0.6) is 0 Å². The predicted octanol–water partition coefficient (Wildman–Crippen LogP) is 2.64. The molecule has 0 aromatic heterocycles. The van der Waals surface area contributed by atoms with Crippen molar-refractivity contribution in [1.82, 2.24) is 5.32 Å². The molecule has 1 amide bonds. The second-order valence-corrected chi connectivity index (χ2v) is 6.66. The average molecular weight is 364 g/mol. The molecule has 0 aliphatic carbocycles. The Bertz CT molecular complexity index is 949. The minimum Gasteiger partial charge on any atom is -0.487 e. The number of amides is 1. The first kappa shape index (κ1) is 17.3. The lowest BCUT2D eigenvalue weighted by Crippen LogP contribution is -2.23. The van der Waals surface area contributed by atoms with Crippen molar-refractivity contribution in [2.24, 2.45) is 0 Å². The standard InChI is InChI=1S/C21H20N2O4/c24-18(25)11-22-9-3-4-13-7-8-15-14(10-13)12-27-20(15)19-16-5-1-2-6-17(16)23-21(19)26/h1-2,5-8,10,22H,3-4,9,11-12H2,(H,23,26)(H,24,25)/b20-19+. The molecule has 4 rings (SSSR count). The van der Waals surface area contributed by atoms with E-state index in [0.717, 1.165) is 35.2 Å². The van der Waals surface area contributed by atoms with E-state index < -0.39 is 5.97 Å². The van der Waals surface area contributed by atoms with Gasteiger partial charge >= 0.3 is 5.97 Å². The summed E-state index contributed by atoms with van der Waals surface area (Å²) in [6.45, 7) is 1.10. The van der Waals surface area contributed by atoms with Gasteiger partial charge in [0.2, 0.25) is 0 Å². The van der Waals surface area contributed by atoms with E-state index in [-0.39, 0.29) is 12.5 Å². The summed E-state index contributed by atoms with van der Waals surface area (Å²) in [6.07, 6.45) is 1.71. The number of nitrogens with one attached hydrogen (secondary N) is 2. The maximum atomic E-state index is 12.4. The Morgan fingerprint density at radius 3 is 2.89 bits per heavy atom. The molecule has 0 fully saturated rings. The molecule has 2 aliphatic heterocycles. The van der Waals surface area contributed by atoms with Crippen LogP contribution in [0.3, 0.4) is 0 Å². The SMILES string of the molecule is O=C(O)CNCCCc1ccc2c(c1)CO/C2=C1/C(=O)Nc2ccccc21. The highest BCUT2D eigenvalue weighted by Crippen LogP contribution is 2.41. The normalized spacial score (nSPS) is 17.3. The number of carbonyl (C=O) groups excluding carboxylic acids is 1. The van der Waals surface area contributed by atoms with Gasteiger partial charge in [0.15, 0.2) is 0 Å². The van der Waals surface area contributed by atoms with Crippen molar-refractivity contribution in [1.29, 1.82) is 0 Å². The summed E-state index contributed by atoms with van der Waals surface area (Å²) in [5, 5.41) is 14.4. The topological polar surface area (TPSA) is 87.7 Å². The maximum absolute atomic E-state index is 12.4. The van der Waals surface area contributed by atoms with E-state index in [9.17, 15) is 9.59 Å². The largest absolute Gasteiger partial charge is 0.487 e. The van der Waals surface area contributed by atoms with Crippen molar-refractivity contribution in [2.75, 3.05) is 18.4 Å². The fraction of sp³-hybridized carbons (Fsp3) is 0.238. The van der Waals surface area contributed by atoms with E-state index in [2.05, 4.69) is 16.7 Å². The number of hydrogen-bond acceptors (Lipinski definition) is 4. The average Bonchev–Trinajstić information content (AvgIpc) is 3.20. The lowest BCUT2D eigenvalue weighted by Gasteiger charge is -2.06. The molecular formula is C21H20N2O4. The van der Waals surface area contributed by atoms with Gasteiger partial charge in [-0.3, -0.25) is 9.59 Å². The van der Waals surface area contributed by atoms with Crippen molar-refractivity contribution in [3.63, 3.8) is 0 Å². The first-order valence-electron chi connectivity index (χ1n) is 8.96. The summed E-state index contributed by atoms with van der Waals surface area (Å²) >= 11 is 0. The Hall–Kier alpha value is -3.12. The number of benzene rings is 2. The number of anilines is 1. The Balaban J connectivity index is 1.52. The van der Waals surface area contributed by atoms with Crippen LogP contribution in [0.2, 0.25) is 0 Å². The molecular weight excluding hydrogens is 344 g/mol. The molecule has 2 aliphatic rings. The summed E-state index contributed by atoms with van der Waals surface area (Å²) < 4.78 is 5.90. The van der Waals surface area contributed by atoms with Crippen LogP contribution in [-0.4, -0.2) is 30.1 Å². The van der Waals surface area contributed by atoms with Crippen LogP contribution in [-0.2, 0) is 27.4 Å². The van der Waals surface area contributed by atoms with Crippen molar-refractivity contribution in [3.8, 4) is 0 Å². The van der Waals surface area contributed by atoms with Gasteiger partial charge in [-0.1, -0.05) is 36.4 Å². The summed E-state index contributed by atoms with van der Waals surface area (Å²) in [7, 11) is 0. The number of carbonyl (C=O) groups is 2. The molecule has 2 aromatic rings. The Morgan fingerprint density at radius 2 is 2.04 bits per heavy atom. The monoisotopic (exact) mass is 364 g/mol. The van der Waals surface area contributed by atoms with E-state index in [1.165, 1.54) is 5.56 Å². The van der Waals surface area contributed by atoms with Crippen molar-refractivity contribution in [2.45, 2.75) is 19.4 Å². The van der Waals surface area contributed by atoms with E-state index >= 15 is 0 Å². The fourth-order valence-corrected chi connectivity index (χ4v) is 3.53. The highest BCUT2D eigenvalue weighted by molar-refractivity contribution is 6.36. The molecule has 0 spiro atoms. The summed E-state index contributed by atoms with van der Waals surface area (Å²) in [5.74, 6) is -0.336. The van der Waals surface area contributed by atoms with Crippen LogP contribution in [0.1, 0.15) is 28.7 Å². The molecule has 27 heavy (non-hydrogen) atoms. The van der Waals surface area contributed by atoms with Gasteiger partial charge < -0.3 is 20.5 Å². The maximum Gasteiger partial charge on any atom is 0.317 e. The first-order valence-corrected chi connectivity index (χ1v) is 8.96. The minimum absolute atomic E-state index is 0.0154. The van der Waals surface area contributed by atoms with Gasteiger partial charge in [0.25, 0.3) is 5.91 Å². The van der Waals surface area contributed by atoms with E-state index in [4.69, 9.17) is 9.84 Å². The molecule has 2 aromatic carbocycles. The van der Waals surface area contributed by atoms with Crippen LogP contribution in [0.15, 0.2) is 42.5 Å². The Labute approximate surface area is 156 Å². The zero-order valence-electron chi connectivity index (χ0n) is 14.7. The van der Waals surface area contributed by atoms with Crippen LogP contribution in [0.4, 0.5) is 5.69 Å². The molecule has 6 nitrogen and oxygen atoms in total. The van der Waals surface area contributed by atoms with Gasteiger partial charge in [0, 0.05) is 22.4 Å². The van der Waals surface area contributed by atoms with Crippen molar-refractivity contribution >= 4 is 28.9 Å². The van der Waals surface area contributed by atoms with Crippen LogP contribution in [0, 0.1) is 0 Å². The molecule has 3 N–H and O–H groups in total. The van der Waals surface area contributed by atoms with Gasteiger partial charge in [0.1, 0.15) is 12.4 Å². The zero-order valence-corrected chi connectivity index (χ0v) is 14.7. The fourth-order valence-electron chi connectivity index (χ4n) is 3.53. The molecule has 2 heterocycles. The smallest absolute Gasteiger partial charge is 0.317 e. The van der Waals surface area contributed by atoms with E-state index in [1.54, 1.807) is 0 Å². The molecule has 0 unspecified atom stereocenters. The second-order valence-electron chi connectivity index (χ2n) is 6.66. The number of aryl methyl sites for hydroxylation is 1. The molecule has 0 bridgehead atoms. The quantitative estimate of drug-likeness (QED) is 0.542. The van der Waals surface area contributed by atoms with Crippen LogP contribution in [0.25, 0.3) is 11.3 Å². The number of rotatable bonds is 6. The second kappa shape index (κ2) is 7.25. The lowest BCUT2D eigenvalue weighted by atomic mass is 9.98. The Kier molecular flexibility index (Phi) is 4.64. The third-order valence-electron chi connectivity index (χ3n) is 4.78. The summed E-state index contributed by atoms with van der Waals surface area (Å²) in [5.41, 5.74) is 5.49. The Morgan fingerprint density at radius 1 is 1.19 bits per heavy atom. The summed E-state index contributed by atoms with van der Waals surface area (Å²) in [4.78, 5) is 22.9. The third kappa shape index (κ3) is 3.44. The molecule has 0 saturated heterocycles. The van der Waals surface area contributed by atoms with Crippen LogP contribution >= 0.6 is 0 Å². The lowest BCUT2D eigenvalue weighted by molar-refractivity contribution is -0.135.